The second-order valence-corrected chi connectivity index (χ2v) is 3.12. The van der Waals surface area contributed by atoms with E-state index in [1.165, 1.54) is 12.3 Å². The largest absolute Gasteiger partial charge is 0.396 e. The van der Waals surface area contributed by atoms with Crippen molar-refractivity contribution in [2.24, 2.45) is 0 Å². The lowest BCUT2D eigenvalue weighted by molar-refractivity contribution is -0.385. The van der Waals surface area contributed by atoms with Crippen molar-refractivity contribution in [3.05, 3.63) is 27.9 Å². The summed E-state index contributed by atoms with van der Waals surface area (Å²) in [4.78, 5) is 14.2. The minimum Gasteiger partial charge on any atom is -0.396 e. The molecule has 0 saturated carbocycles. The fraction of sp³-hybridized carbons (Fsp3) is 0.444. The van der Waals surface area contributed by atoms with Gasteiger partial charge in [0.05, 0.1) is 11.0 Å². The molecule has 1 rings (SSSR count). The third-order valence-corrected chi connectivity index (χ3v) is 1.91. The van der Waals surface area contributed by atoms with Crippen LogP contribution in [0.3, 0.4) is 0 Å². The first-order chi connectivity index (χ1) is 7.15. The molecule has 0 aliphatic heterocycles. The van der Waals surface area contributed by atoms with Gasteiger partial charge >= 0.3 is 0 Å². The summed E-state index contributed by atoms with van der Waals surface area (Å²) in [7, 11) is 0. The van der Waals surface area contributed by atoms with Crippen molar-refractivity contribution >= 4 is 11.5 Å². The molecule has 0 aliphatic rings. The Hall–Kier alpha value is -1.69. The van der Waals surface area contributed by atoms with E-state index in [4.69, 9.17) is 5.11 Å². The van der Waals surface area contributed by atoms with Gasteiger partial charge in [-0.25, -0.2) is 4.98 Å². The Bertz CT molecular complexity index is 354. The molecule has 0 amide bonds. The fourth-order valence-corrected chi connectivity index (χ4v) is 1.10. The Morgan fingerprint density at radius 3 is 3.00 bits per heavy atom. The summed E-state index contributed by atoms with van der Waals surface area (Å²) in [5, 5.41) is 22.1. The first-order valence-corrected chi connectivity index (χ1v) is 4.61. The van der Waals surface area contributed by atoms with E-state index < -0.39 is 4.92 Å². The van der Waals surface area contributed by atoms with Crippen LogP contribution in [0.2, 0.25) is 0 Å². The molecule has 1 aromatic rings. The van der Waals surface area contributed by atoms with Gasteiger partial charge in [0.25, 0.3) is 5.69 Å². The summed E-state index contributed by atoms with van der Waals surface area (Å²) in [6.45, 7) is 2.27. The van der Waals surface area contributed by atoms with Gasteiger partial charge in [-0.05, 0) is 13.3 Å². The number of nitrogens with one attached hydrogen (secondary N) is 1. The van der Waals surface area contributed by atoms with E-state index in [1.54, 1.807) is 6.92 Å². The van der Waals surface area contributed by atoms with Gasteiger partial charge in [-0.2, -0.15) is 0 Å². The van der Waals surface area contributed by atoms with Crippen molar-refractivity contribution in [2.45, 2.75) is 13.3 Å². The van der Waals surface area contributed by atoms with Crippen molar-refractivity contribution in [1.82, 2.24) is 4.98 Å². The molecule has 0 spiro atoms. The summed E-state index contributed by atoms with van der Waals surface area (Å²) in [5.41, 5.74) is 0.587. The number of aromatic nitrogens is 1. The van der Waals surface area contributed by atoms with Crippen LogP contribution in [0.15, 0.2) is 12.3 Å². The van der Waals surface area contributed by atoms with Gasteiger partial charge in [0.15, 0.2) is 0 Å². The number of aryl methyl sites for hydroxylation is 1. The maximum absolute atomic E-state index is 10.6. The lowest BCUT2D eigenvalue weighted by Crippen LogP contribution is -2.05. The highest BCUT2D eigenvalue weighted by Crippen LogP contribution is 2.19. The molecule has 0 aliphatic carbocycles. The first kappa shape index (κ1) is 11.4. The van der Waals surface area contributed by atoms with Gasteiger partial charge in [0.2, 0.25) is 0 Å². The molecule has 15 heavy (non-hydrogen) atoms. The van der Waals surface area contributed by atoms with Crippen molar-refractivity contribution in [3.63, 3.8) is 0 Å². The van der Waals surface area contributed by atoms with Crippen LogP contribution < -0.4 is 5.32 Å². The molecule has 1 aromatic heterocycles. The van der Waals surface area contributed by atoms with E-state index in [1.807, 2.05) is 0 Å². The predicted molar refractivity (Wildman–Crippen MR) is 55.8 cm³/mol. The quantitative estimate of drug-likeness (QED) is 0.432. The normalized spacial score (nSPS) is 10.0. The number of hydrogen-bond donors (Lipinski definition) is 2. The SMILES string of the molecule is Cc1cnc(NCCCO)cc1[N+](=O)[O-]. The van der Waals surface area contributed by atoms with Crippen molar-refractivity contribution < 1.29 is 10.0 Å². The van der Waals surface area contributed by atoms with Crippen LogP contribution in [0.1, 0.15) is 12.0 Å². The number of anilines is 1. The predicted octanol–water partition coefficient (Wildman–Crippen LogP) is 1.09. The minimum atomic E-state index is -0.436. The molecule has 0 saturated heterocycles. The molecule has 0 atom stereocenters. The van der Waals surface area contributed by atoms with Crippen LogP contribution >= 0.6 is 0 Å². The van der Waals surface area contributed by atoms with Crippen LogP contribution in [0.4, 0.5) is 11.5 Å². The molecule has 0 fully saturated rings. The fourth-order valence-electron chi connectivity index (χ4n) is 1.10. The number of rotatable bonds is 5. The zero-order valence-electron chi connectivity index (χ0n) is 8.43. The molecule has 0 aromatic carbocycles. The smallest absolute Gasteiger partial charge is 0.277 e. The minimum absolute atomic E-state index is 0.0523. The molecule has 1 heterocycles. The Labute approximate surface area is 87.1 Å². The van der Waals surface area contributed by atoms with E-state index in [-0.39, 0.29) is 12.3 Å². The number of hydrogen-bond acceptors (Lipinski definition) is 5. The van der Waals surface area contributed by atoms with E-state index in [9.17, 15) is 10.1 Å². The highest BCUT2D eigenvalue weighted by Gasteiger charge is 2.11. The molecular weight excluding hydrogens is 198 g/mol. The van der Waals surface area contributed by atoms with Crippen molar-refractivity contribution in [3.8, 4) is 0 Å². The number of pyridine rings is 1. The van der Waals surface area contributed by atoms with E-state index in [0.717, 1.165) is 0 Å². The van der Waals surface area contributed by atoms with E-state index in [2.05, 4.69) is 10.3 Å². The molecule has 0 radical (unpaired) electrons. The van der Waals surface area contributed by atoms with Crippen LogP contribution in [0, 0.1) is 17.0 Å². The highest BCUT2D eigenvalue weighted by atomic mass is 16.6. The number of nitrogens with zero attached hydrogens (tertiary/aromatic N) is 2. The topological polar surface area (TPSA) is 88.3 Å². The molecule has 82 valence electrons. The second kappa shape index (κ2) is 5.26. The molecule has 6 nitrogen and oxygen atoms in total. The van der Waals surface area contributed by atoms with Crippen LogP contribution in [0.5, 0.6) is 0 Å². The van der Waals surface area contributed by atoms with Gasteiger partial charge in [-0.3, -0.25) is 10.1 Å². The number of aliphatic hydroxyl groups excluding tert-OH is 1. The Kier molecular flexibility index (Phi) is 3.99. The van der Waals surface area contributed by atoms with Gasteiger partial charge in [-0.15, -0.1) is 0 Å². The standard InChI is InChI=1S/C9H13N3O3/c1-7-6-11-9(10-3-2-4-13)5-8(7)12(14)15/h5-6,13H,2-4H2,1H3,(H,10,11). The summed E-state index contributed by atoms with van der Waals surface area (Å²) < 4.78 is 0. The summed E-state index contributed by atoms with van der Waals surface area (Å²) in [6.07, 6.45) is 2.04. The summed E-state index contributed by atoms with van der Waals surface area (Å²) >= 11 is 0. The van der Waals surface area contributed by atoms with Gasteiger partial charge in [0, 0.05) is 24.9 Å². The Morgan fingerprint density at radius 2 is 2.40 bits per heavy atom. The molecule has 0 unspecified atom stereocenters. The van der Waals surface area contributed by atoms with E-state index >= 15 is 0 Å². The number of nitro groups is 1. The lowest BCUT2D eigenvalue weighted by Gasteiger charge is -2.04. The molecular formula is C9H13N3O3. The van der Waals surface area contributed by atoms with Gasteiger partial charge in [0.1, 0.15) is 5.82 Å². The maximum atomic E-state index is 10.6. The highest BCUT2D eigenvalue weighted by molar-refractivity contribution is 5.48. The zero-order chi connectivity index (χ0) is 11.3. The van der Waals surface area contributed by atoms with Gasteiger partial charge in [-0.1, -0.05) is 0 Å². The molecule has 0 bridgehead atoms. The average molecular weight is 211 g/mol. The zero-order valence-corrected chi connectivity index (χ0v) is 8.43. The van der Waals surface area contributed by atoms with Gasteiger partial charge < -0.3 is 10.4 Å². The third-order valence-electron chi connectivity index (χ3n) is 1.91. The summed E-state index contributed by atoms with van der Waals surface area (Å²) in [6, 6.07) is 1.40. The number of aliphatic hydroxyl groups is 1. The van der Waals surface area contributed by atoms with Crippen LogP contribution in [0.25, 0.3) is 0 Å². The van der Waals surface area contributed by atoms with Crippen LogP contribution in [-0.2, 0) is 0 Å². The Morgan fingerprint density at radius 1 is 1.67 bits per heavy atom. The summed E-state index contributed by atoms with van der Waals surface area (Å²) in [5.74, 6) is 0.459. The van der Waals surface area contributed by atoms with Crippen molar-refractivity contribution in [2.75, 3.05) is 18.5 Å². The molecule has 6 heteroatoms. The van der Waals surface area contributed by atoms with E-state index in [0.29, 0.717) is 24.3 Å². The lowest BCUT2D eigenvalue weighted by atomic mass is 10.2. The monoisotopic (exact) mass is 211 g/mol. The van der Waals surface area contributed by atoms with Crippen molar-refractivity contribution in [1.29, 1.82) is 0 Å². The van der Waals surface area contributed by atoms with Crippen LogP contribution in [-0.4, -0.2) is 28.2 Å². The Balaban J connectivity index is 2.74. The maximum Gasteiger partial charge on any atom is 0.277 e. The molecule has 2 N–H and O–H groups in total. The first-order valence-electron chi connectivity index (χ1n) is 4.61. The average Bonchev–Trinajstić information content (AvgIpc) is 2.20. The second-order valence-electron chi connectivity index (χ2n) is 3.12. The third kappa shape index (κ3) is 3.17.